The Morgan fingerprint density at radius 3 is 1.18 bits per heavy atom. The van der Waals surface area contributed by atoms with Crippen LogP contribution in [0.5, 0.6) is 0 Å². The van der Waals surface area contributed by atoms with E-state index >= 15 is 0 Å². The molecular formula is C5Cl4F2. The highest BCUT2D eigenvalue weighted by Crippen LogP contribution is 2.50. The van der Waals surface area contributed by atoms with E-state index in [4.69, 9.17) is 46.4 Å². The van der Waals surface area contributed by atoms with E-state index in [1.807, 2.05) is 0 Å². The van der Waals surface area contributed by atoms with Crippen LogP contribution in [0.3, 0.4) is 0 Å². The van der Waals surface area contributed by atoms with Gasteiger partial charge in [0.15, 0.2) is 0 Å². The van der Waals surface area contributed by atoms with Crippen molar-refractivity contribution in [3.05, 3.63) is 20.1 Å². The minimum Gasteiger partial charge on any atom is -0.194 e. The maximum Gasteiger partial charge on any atom is 0.322 e. The van der Waals surface area contributed by atoms with Crippen molar-refractivity contribution < 1.29 is 8.78 Å². The molecule has 0 aromatic heterocycles. The van der Waals surface area contributed by atoms with Gasteiger partial charge in [-0.3, -0.25) is 0 Å². The van der Waals surface area contributed by atoms with Crippen LogP contribution < -0.4 is 0 Å². The number of alkyl halides is 2. The summed E-state index contributed by atoms with van der Waals surface area (Å²) in [7, 11) is 0. The third kappa shape index (κ3) is 1.26. The molecule has 0 radical (unpaired) electrons. The second kappa shape index (κ2) is 2.77. The van der Waals surface area contributed by atoms with Gasteiger partial charge in [0.2, 0.25) is 0 Å². The number of hydrogen-bond acceptors (Lipinski definition) is 0. The smallest absolute Gasteiger partial charge is 0.194 e. The summed E-state index contributed by atoms with van der Waals surface area (Å²) >= 11 is 20.8. The molecule has 0 bridgehead atoms. The van der Waals surface area contributed by atoms with Gasteiger partial charge in [-0.15, -0.1) is 0 Å². The summed E-state index contributed by atoms with van der Waals surface area (Å²) in [6, 6.07) is 0. The fourth-order valence-electron chi connectivity index (χ4n) is 0.565. The fourth-order valence-corrected chi connectivity index (χ4v) is 1.51. The number of allylic oxidation sites excluding steroid dienone is 4. The van der Waals surface area contributed by atoms with Crippen molar-refractivity contribution >= 4 is 46.4 Å². The van der Waals surface area contributed by atoms with Crippen molar-refractivity contribution in [1.82, 2.24) is 0 Å². The molecule has 0 heterocycles. The summed E-state index contributed by atoms with van der Waals surface area (Å²) in [6.07, 6.45) is 0. The lowest BCUT2D eigenvalue weighted by Crippen LogP contribution is -2.13. The Morgan fingerprint density at radius 1 is 0.818 bits per heavy atom. The van der Waals surface area contributed by atoms with Crippen molar-refractivity contribution in [2.75, 3.05) is 0 Å². The molecular weight excluding hydrogens is 240 g/mol. The molecule has 0 atom stereocenters. The number of rotatable bonds is 0. The normalized spacial score (nSPS) is 23.5. The maximum absolute atomic E-state index is 12.7. The first-order valence-electron chi connectivity index (χ1n) is 2.38. The predicted molar refractivity (Wildman–Crippen MR) is 42.4 cm³/mol. The van der Waals surface area contributed by atoms with Crippen LogP contribution in [0.4, 0.5) is 8.78 Å². The molecule has 0 aliphatic heterocycles. The van der Waals surface area contributed by atoms with Crippen LogP contribution in [-0.2, 0) is 0 Å². The summed E-state index contributed by atoms with van der Waals surface area (Å²) in [4.78, 5) is 0. The third-order valence-corrected chi connectivity index (χ3v) is 3.03. The molecule has 62 valence electrons. The lowest BCUT2D eigenvalue weighted by atomic mass is 10.4. The van der Waals surface area contributed by atoms with E-state index in [-0.39, 0.29) is 10.1 Å². The first-order chi connectivity index (χ1) is 4.89. The highest BCUT2D eigenvalue weighted by Gasteiger charge is 2.46. The number of halogens is 6. The van der Waals surface area contributed by atoms with Gasteiger partial charge in [0.25, 0.3) is 0 Å². The molecule has 6 heteroatoms. The number of hydrogen-bond donors (Lipinski definition) is 0. The second-order valence-electron chi connectivity index (χ2n) is 1.83. The molecule has 0 nitrogen and oxygen atoms in total. The molecule has 0 fully saturated rings. The second-order valence-corrected chi connectivity index (χ2v) is 3.34. The average molecular weight is 240 g/mol. The summed E-state index contributed by atoms with van der Waals surface area (Å²) < 4.78 is 25.4. The predicted octanol–water partition coefficient (Wildman–Crippen LogP) is 4.01. The highest BCUT2D eigenvalue weighted by molar-refractivity contribution is 6.53. The minimum absolute atomic E-state index is 0.386. The zero-order valence-corrected chi connectivity index (χ0v) is 7.79. The zero-order chi connectivity index (χ0) is 8.81. The first kappa shape index (κ1) is 9.59. The Kier molecular flexibility index (Phi) is 2.41. The molecule has 0 amide bonds. The molecule has 11 heavy (non-hydrogen) atoms. The molecule has 0 saturated heterocycles. The molecule has 0 unspecified atom stereocenters. The molecule has 0 saturated carbocycles. The molecule has 1 aliphatic carbocycles. The van der Waals surface area contributed by atoms with Gasteiger partial charge < -0.3 is 0 Å². The van der Waals surface area contributed by atoms with Crippen LogP contribution in [0.2, 0.25) is 0 Å². The quantitative estimate of drug-likeness (QED) is 0.599. The van der Waals surface area contributed by atoms with Gasteiger partial charge in [0.05, 0.1) is 10.1 Å². The highest BCUT2D eigenvalue weighted by atomic mass is 35.5. The lowest BCUT2D eigenvalue weighted by Gasteiger charge is -2.07. The summed E-state index contributed by atoms with van der Waals surface area (Å²) in [5.41, 5.74) is 0. The van der Waals surface area contributed by atoms with Gasteiger partial charge in [-0.25, -0.2) is 0 Å². The minimum atomic E-state index is -3.42. The lowest BCUT2D eigenvalue weighted by molar-refractivity contribution is 0.103. The largest absolute Gasteiger partial charge is 0.322 e. The van der Waals surface area contributed by atoms with Crippen LogP contribution in [-0.4, -0.2) is 5.92 Å². The average Bonchev–Trinajstić information content (AvgIpc) is 2.06. The van der Waals surface area contributed by atoms with Gasteiger partial charge in [0, 0.05) is 0 Å². The fraction of sp³-hybridized carbons (Fsp3) is 0.200. The van der Waals surface area contributed by atoms with Gasteiger partial charge in [0.1, 0.15) is 10.1 Å². The first-order valence-corrected chi connectivity index (χ1v) is 3.90. The maximum atomic E-state index is 12.7. The Bertz CT molecular complexity index is 240. The zero-order valence-electron chi connectivity index (χ0n) is 4.77. The van der Waals surface area contributed by atoms with Crippen LogP contribution in [0.25, 0.3) is 0 Å². The van der Waals surface area contributed by atoms with Gasteiger partial charge in [-0.05, 0) is 0 Å². The Labute approximate surface area is 81.4 Å². The Balaban J connectivity index is 3.27. The topological polar surface area (TPSA) is 0 Å². The third-order valence-electron chi connectivity index (χ3n) is 1.13. The van der Waals surface area contributed by atoms with E-state index in [1.165, 1.54) is 0 Å². The van der Waals surface area contributed by atoms with E-state index in [2.05, 4.69) is 0 Å². The van der Waals surface area contributed by atoms with Crippen molar-refractivity contribution in [3.63, 3.8) is 0 Å². The van der Waals surface area contributed by atoms with E-state index < -0.39 is 16.0 Å². The van der Waals surface area contributed by atoms with Crippen LogP contribution in [0.15, 0.2) is 20.1 Å². The van der Waals surface area contributed by atoms with E-state index in [9.17, 15) is 8.78 Å². The van der Waals surface area contributed by atoms with Crippen LogP contribution in [0.1, 0.15) is 0 Å². The van der Waals surface area contributed by atoms with Crippen LogP contribution >= 0.6 is 46.4 Å². The van der Waals surface area contributed by atoms with Gasteiger partial charge in [-0.1, -0.05) is 46.4 Å². The summed E-state index contributed by atoms with van der Waals surface area (Å²) in [5, 5.41) is -2.42. The monoisotopic (exact) mass is 238 g/mol. The SMILES string of the molecule is FC1(F)C(Cl)=C(Cl)C(Cl)=C1Cl. The van der Waals surface area contributed by atoms with Gasteiger partial charge in [-0.2, -0.15) is 8.78 Å². The van der Waals surface area contributed by atoms with Crippen molar-refractivity contribution in [1.29, 1.82) is 0 Å². The van der Waals surface area contributed by atoms with Crippen molar-refractivity contribution in [2.45, 2.75) is 5.92 Å². The van der Waals surface area contributed by atoms with Crippen molar-refractivity contribution in [2.24, 2.45) is 0 Å². The van der Waals surface area contributed by atoms with Crippen molar-refractivity contribution in [3.8, 4) is 0 Å². The molecule has 0 N–H and O–H groups in total. The summed E-state index contributed by atoms with van der Waals surface area (Å²) in [5.74, 6) is -3.42. The molecule has 1 rings (SSSR count). The van der Waals surface area contributed by atoms with Gasteiger partial charge >= 0.3 is 5.92 Å². The molecule has 1 aliphatic rings. The van der Waals surface area contributed by atoms with Crippen LogP contribution in [0, 0.1) is 0 Å². The summed E-state index contributed by atoms with van der Waals surface area (Å²) in [6.45, 7) is 0. The van der Waals surface area contributed by atoms with E-state index in [1.54, 1.807) is 0 Å². The Morgan fingerprint density at radius 2 is 1.09 bits per heavy atom. The van der Waals surface area contributed by atoms with E-state index in [0.717, 1.165) is 0 Å². The van der Waals surface area contributed by atoms with E-state index in [0.29, 0.717) is 0 Å². The standard InChI is InChI=1S/C5Cl4F2/c6-1-2(7)4(9)5(10,11)3(1)8. The Hall–Kier alpha value is 0.500. The molecule has 0 aromatic carbocycles. The molecule has 0 aromatic rings. The molecule has 0 spiro atoms.